The van der Waals surface area contributed by atoms with Gasteiger partial charge in [-0.3, -0.25) is 0 Å². The largest absolute Gasteiger partial charge is 0.390 e. The number of aliphatic hydroxyl groups excluding tert-OH is 1. The van der Waals surface area contributed by atoms with Crippen molar-refractivity contribution in [2.24, 2.45) is 0 Å². The molecule has 0 radical (unpaired) electrons. The van der Waals surface area contributed by atoms with Crippen LogP contribution in [0.25, 0.3) is 0 Å². The van der Waals surface area contributed by atoms with Crippen molar-refractivity contribution in [2.75, 3.05) is 7.11 Å². The van der Waals surface area contributed by atoms with E-state index in [1.807, 2.05) is 32.0 Å². The van der Waals surface area contributed by atoms with Gasteiger partial charge in [0.2, 0.25) is 0 Å². The fourth-order valence-electron chi connectivity index (χ4n) is 1.63. The Labute approximate surface area is 116 Å². The van der Waals surface area contributed by atoms with E-state index in [9.17, 15) is 5.11 Å². The third-order valence-electron chi connectivity index (χ3n) is 3.30. The normalized spacial score (nSPS) is 16.6. The Morgan fingerprint density at radius 2 is 2.18 bits per heavy atom. The number of hydrogen-bond acceptors (Lipinski definition) is 2. The van der Waals surface area contributed by atoms with Gasteiger partial charge in [-0.05, 0) is 31.0 Å². The molecule has 4 heteroatoms. The summed E-state index contributed by atoms with van der Waals surface area (Å²) >= 11 is 9.49. The molecular formula is C13H18BrClO2. The summed E-state index contributed by atoms with van der Waals surface area (Å²) in [5.41, 5.74) is 0.398. The smallest absolute Gasteiger partial charge is 0.0909 e. The van der Waals surface area contributed by atoms with Crippen molar-refractivity contribution in [2.45, 2.75) is 38.4 Å². The maximum atomic E-state index is 10.2. The highest BCUT2D eigenvalue weighted by Gasteiger charge is 2.31. The lowest BCUT2D eigenvalue weighted by atomic mass is 9.91. The van der Waals surface area contributed by atoms with Gasteiger partial charge in [0.1, 0.15) is 0 Å². The molecule has 0 bridgehead atoms. The third-order valence-corrected chi connectivity index (χ3v) is 4.15. The molecule has 1 aromatic carbocycles. The first-order valence-corrected chi connectivity index (χ1v) is 6.77. The van der Waals surface area contributed by atoms with Crippen molar-refractivity contribution in [3.8, 4) is 0 Å². The summed E-state index contributed by atoms with van der Waals surface area (Å²) in [6.45, 7) is 3.90. The highest BCUT2D eigenvalue weighted by Crippen LogP contribution is 2.27. The molecule has 1 N–H and O–H groups in total. The van der Waals surface area contributed by atoms with E-state index < -0.39 is 11.7 Å². The Kier molecular flexibility index (Phi) is 5.45. The lowest BCUT2D eigenvalue weighted by Crippen LogP contribution is -2.42. The van der Waals surface area contributed by atoms with Crippen molar-refractivity contribution in [3.63, 3.8) is 0 Å². The number of benzene rings is 1. The molecule has 0 amide bonds. The SMILES string of the molecule is CCC(C)(OC)C(O)Cc1ccc(Br)cc1Cl. The summed E-state index contributed by atoms with van der Waals surface area (Å²) in [5.74, 6) is 0. The zero-order valence-electron chi connectivity index (χ0n) is 10.3. The molecule has 2 atom stereocenters. The minimum Gasteiger partial charge on any atom is -0.390 e. The van der Waals surface area contributed by atoms with Crippen LogP contribution in [0, 0.1) is 0 Å². The van der Waals surface area contributed by atoms with E-state index >= 15 is 0 Å². The van der Waals surface area contributed by atoms with Gasteiger partial charge >= 0.3 is 0 Å². The van der Waals surface area contributed by atoms with Gasteiger partial charge in [-0.1, -0.05) is 40.5 Å². The van der Waals surface area contributed by atoms with Gasteiger partial charge in [0.25, 0.3) is 0 Å². The molecule has 0 heterocycles. The molecule has 0 saturated heterocycles. The van der Waals surface area contributed by atoms with Crippen LogP contribution in [-0.2, 0) is 11.2 Å². The van der Waals surface area contributed by atoms with Crippen LogP contribution in [0.1, 0.15) is 25.8 Å². The maximum absolute atomic E-state index is 10.2. The Balaban J connectivity index is 2.84. The molecule has 0 fully saturated rings. The summed E-state index contributed by atoms with van der Waals surface area (Å²) in [4.78, 5) is 0. The van der Waals surface area contributed by atoms with Crippen LogP contribution in [0.4, 0.5) is 0 Å². The molecule has 2 nitrogen and oxygen atoms in total. The molecule has 96 valence electrons. The van der Waals surface area contributed by atoms with E-state index in [1.54, 1.807) is 7.11 Å². The average molecular weight is 322 g/mol. The van der Waals surface area contributed by atoms with Gasteiger partial charge in [-0.2, -0.15) is 0 Å². The second-order valence-electron chi connectivity index (χ2n) is 4.33. The number of hydrogen-bond donors (Lipinski definition) is 1. The number of aliphatic hydroxyl groups is 1. The Bertz CT molecular complexity index is 378. The van der Waals surface area contributed by atoms with Crippen molar-refractivity contribution >= 4 is 27.5 Å². The third kappa shape index (κ3) is 3.68. The second-order valence-corrected chi connectivity index (χ2v) is 5.65. The highest BCUT2D eigenvalue weighted by atomic mass is 79.9. The predicted octanol–water partition coefficient (Wildman–Crippen LogP) is 3.82. The van der Waals surface area contributed by atoms with Crippen molar-refractivity contribution in [3.05, 3.63) is 33.3 Å². The van der Waals surface area contributed by atoms with Crippen LogP contribution >= 0.6 is 27.5 Å². The maximum Gasteiger partial charge on any atom is 0.0909 e. The highest BCUT2D eigenvalue weighted by molar-refractivity contribution is 9.10. The number of methoxy groups -OCH3 is 1. The first-order chi connectivity index (χ1) is 7.92. The van der Waals surface area contributed by atoms with Crippen LogP contribution < -0.4 is 0 Å². The number of ether oxygens (including phenoxy) is 1. The number of halogens is 2. The molecular weight excluding hydrogens is 303 g/mol. The van der Waals surface area contributed by atoms with Gasteiger partial charge < -0.3 is 9.84 Å². The van der Waals surface area contributed by atoms with Crippen LogP contribution in [-0.4, -0.2) is 23.9 Å². The fraction of sp³-hybridized carbons (Fsp3) is 0.538. The van der Waals surface area contributed by atoms with Crippen LogP contribution in [0.2, 0.25) is 5.02 Å². The van der Waals surface area contributed by atoms with E-state index in [0.29, 0.717) is 11.4 Å². The van der Waals surface area contributed by atoms with Gasteiger partial charge in [0, 0.05) is 23.0 Å². The Hall–Kier alpha value is -0.0900. The molecule has 1 aromatic rings. The zero-order chi connectivity index (χ0) is 13.1. The molecule has 2 unspecified atom stereocenters. The van der Waals surface area contributed by atoms with Crippen LogP contribution in [0.3, 0.4) is 0 Å². The van der Waals surface area contributed by atoms with Crippen molar-refractivity contribution in [1.29, 1.82) is 0 Å². The summed E-state index contributed by atoms with van der Waals surface area (Å²) in [6.07, 6.45) is 0.666. The lowest BCUT2D eigenvalue weighted by Gasteiger charge is -2.32. The molecule has 1 rings (SSSR count). The van der Waals surface area contributed by atoms with Gasteiger partial charge in [-0.15, -0.1) is 0 Å². The monoisotopic (exact) mass is 320 g/mol. The summed E-state index contributed by atoms with van der Waals surface area (Å²) in [6, 6.07) is 5.67. The molecule has 0 aromatic heterocycles. The topological polar surface area (TPSA) is 29.5 Å². The summed E-state index contributed by atoms with van der Waals surface area (Å²) in [5, 5.41) is 10.9. The molecule has 0 aliphatic rings. The van der Waals surface area contributed by atoms with E-state index in [1.165, 1.54) is 0 Å². The Morgan fingerprint density at radius 3 is 2.65 bits per heavy atom. The predicted molar refractivity (Wildman–Crippen MR) is 74.6 cm³/mol. The minimum atomic E-state index is -0.573. The zero-order valence-corrected chi connectivity index (χ0v) is 12.7. The van der Waals surface area contributed by atoms with E-state index in [4.69, 9.17) is 16.3 Å². The summed E-state index contributed by atoms with van der Waals surface area (Å²) in [7, 11) is 1.62. The quantitative estimate of drug-likeness (QED) is 0.893. The first kappa shape index (κ1) is 15.0. The van der Waals surface area contributed by atoms with E-state index in [2.05, 4.69) is 15.9 Å². The molecule has 0 spiro atoms. The average Bonchev–Trinajstić information content (AvgIpc) is 2.31. The number of rotatable bonds is 5. The van der Waals surface area contributed by atoms with E-state index in [-0.39, 0.29) is 0 Å². The summed E-state index contributed by atoms with van der Waals surface area (Å²) < 4.78 is 6.32. The first-order valence-electron chi connectivity index (χ1n) is 5.60. The molecule has 0 aliphatic carbocycles. The molecule has 0 aliphatic heterocycles. The lowest BCUT2D eigenvalue weighted by molar-refractivity contribution is -0.0914. The van der Waals surface area contributed by atoms with Crippen LogP contribution in [0.15, 0.2) is 22.7 Å². The standard InChI is InChI=1S/C13H18BrClO2/c1-4-13(2,17-3)12(16)7-9-5-6-10(14)8-11(9)15/h5-6,8,12,16H,4,7H2,1-3H3. The van der Waals surface area contributed by atoms with Gasteiger partial charge in [-0.25, -0.2) is 0 Å². The fourth-order valence-corrected chi connectivity index (χ4v) is 2.38. The van der Waals surface area contributed by atoms with Crippen molar-refractivity contribution in [1.82, 2.24) is 0 Å². The van der Waals surface area contributed by atoms with Crippen LogP contribution in [0.5, 0.6) is 0 Å². The van der Waals surface area contributed by atoms with Crippen molar-refractivity contribution < 1.29 is 9.84 Å². The second kappa shape index (κ2) is 6.19. The molecule has 17 heavy (non-hydrogen) atoms. The Morgan fingerprint density at radius 1 is 1.53 bits per heavy atom. The van der Waals surface area contributed by atoms with Gasteiger partial charge in [0.15, 0.2) is 0 Å². The minimum absolute atomic E-state index is 0.490. The van der Waals surface area contributed by atoms with E-state index in [0.717, 1.165) is 16.5 Å². The van der Waals surface area contributed by atoms with Gasteiger partial charge in [0.05, 0.1) is 11.7 Å². The molecule has 0 saturated carbocycles.